The van der Waals surface area contributed by atoms with Crippen LogP contribution in [0.5, 0.6) is 0 Å². The summed E-state index contributed by atoms with van der Waals surface area (Å²) >= 11 is 0. The Kier molecular flexibility index (Phi) is 5.00. The highest BCUT2D eigenvalue weighted by Crippen LogP contribution is 2.42. The molecular formula is C24H35FNSi+. The van der Waals surface area contributed by atoms with Gasteiger partial charge in [-0.15, -0.1) is 0 Å². The second-order valence-electron chi connectivity index (χ2n) is 10.1. The van der Waals surface area contributed by atoms with Crippen molar-refractivity contribution in [2.45, 2.75) is 72.0 Å². The normalized spacial score (nSPS) is 19.6. The maximum atomic E-state index is 13.7. The molecule has 1 nitrogen and oxygen atoms in total. The Balaban J connectivity index is 2.20. The van der Waals surface area contributed by atoms with E-state index >= 15 is 0 Å². The van der Waals surface area contributed by atoms with E-state index in [1.54, 1.807) is 6.07 Å². The van der Waals surface area contributed by atoms with E-state index in [4.69, 9.17) is 0 Å². The maximum Gasteiger partial charge on any atom is 0.212 e. The Bertz CT molecular complexity index is 888. The largest absolute Gasteiger partial charge is 0.212 e. The van der Waals surface area contributed by atoms with Crippen LogP contribution in [0.2, 0.25) is 19.6 Å². The van der Waals surface area contributed by atoms with Gasteiger partial charge in [0.15, 0.2) is 6.20 Å². The summed E-state index contributed by atoms with van der Waals surface area (Å²) in [5.74, 6) is -0.725. The molecule has 27 heavy (non-hydrogen) atoms. The van der Waals surface area contributed by atoms with E-state index in [0.29, 0.717) is 5.41 Å². The molecule has 0 bridgehead atoms. The smallest absolute Gasteiger partial charge is 0.207 e. The second kappa shape index (κ2) is 7.16. The number of nitrogens with zero attached hydrogens (tertiary/aromatic N) is 1. The monoisotopic (exact) mass is 385 g/mol. The van der Waals surface area contributed by atoms with E-state index in [1.807, 2.05) is 13.0 Å². The Morgan fingerprint density at radius 1 is 1.15 bits per heavy atom. The van der Waals surface area contributed by atoms with Crippen LogP contribution >= 0.6 is 0 Å². The average molecular weight is 386 g/mol. The van der Waals surface area contributed by atoms with Gasteiger partial charge in [-0.3, -0.25) is 0 Å². The van der Waals surface area contributed by atoms with Crippen LogP contribution in [0.4, 0.5) is 4.39 Å². The first-order chi connectivity index (χ1) is 12.8. The van der Waals surface area contributed by atoms with Crippen LogP contribution in [0.25, 0.3) is 11.3 Å². The van der Waals surface area contributed by atoms with Gasteiger partial charge in [0.1, 0.15) is 12.9 Å². The molecule has 0 spiro atoms. The van der Waals surface area contributed by atoms with Gasteiger partial charge in [0.05, 0.1) is 8.07 Å². The predicted molar refractivity (Wildman–Crippen MR) is 116 cm³/mol. The van der Waals surface area contributed by atoms with Gasteiger partial charge in [0.25, 0.3) is 0 Å². The first-order valence-corrected chi connectivity index (χ1v) is 13.6. The standard InChI is InChI=1S/C24H35FNSi/c1-17-14-19(25)8-9-20(17)22-15-21(18-10-12-24(2,3)13-11-18)23(16-26(22)4)27(5,6)7/h8-9,14-16,18H,10-13H2,1-7H3/q+1/i18D. The van der Waals surface area contributed by atoms with Crippen LogP contribution < -0.4 is 9.75 Å². The maximum absolute atomic E-state index is 13.7. The Labute approximate surface area is 167 Å². The van der Waals surface area contributed by atoms with Crippen molar-refractivity contribution in [3.63, 3.8) is 0 Å². The zero-order valence-electron chi connectivity index (χ0n) is 19.0. The van der Waals surface area contributed by atoms with E-state index in [2.05, 4.69) is 57.4 Å². The molecule has 0 unspecified atom stereocenters. The van der Waals surface area contributed by atoms with Crippen molar-refractivity contribution in [2.24, 2.45) is 12.5 Å². The Morgan fingerprint density at radius 3 is 2.33 bits per heavy atom. The van der Waals surface area contributed by atoms with Crippen molar-refractivity contribution in [3.05, 3.63) is 47.4 Å². The van der Waals surface area contributed by atoms with Gasteiger partial charge in [-0.2, -0.15) is 0 Å². The Hall–Kier alpha value is -1.48. The molecule has 1 heterocycles. The number of benzene rings is 1. The molecule has 1 aromatic heterocycles. The fraction of sp³-hybridized carbons (Fsp3) is 0.542. The van der Waals surface area contributed by atoms with E-state index in [0.717, 1.165) is 42.5 Å². The van der Waals surface area contributed by atoms with Crippen LogP contribution in [-0.4, -0.2) is 8.07 Å². The highest BCUT2D eigenvalue weighted by molar-refractivity contribution is 6.89. The molecule has 1 aliphatic carbocycles. The number of hydrogen-bond acceptors (Lipinski definition) is 0. The third kappa shape index (κ3) is 4.34. The first-order valence-electron chi connectivity index (χ1n) is 10.6. The highest BCUT2D eigenvalue weighted by Gasteiger charge is 2.33. The number of rotatable bonds is 3. The quantitative estimate of drug-likeness (QED) is 0.460. The molecule has 146 valence electrons. The van der Waals surface area contributed by atoms with E-state index in [-0.39, 0.29) is 5.82 Å². The minimum Gasteiger partial charge on any atom is -0.207 e. The van der Waals surface area contributed by atoms with Gasteiger partial charge >= 0.3 is 0 Å². The van der Waals surface area contributed by atoms with Gasteiger partial charge in [-0.25, -0.2) is 8.96 Å². The molecule has 1 saturated carbocycles. The van der Waals surface area contributed by atoms with E-state index < -0.39 is 14.0 Å². The van der Waals surface area contributed by atoms with Crippen molar-refractivity contribution in [1.82, 2.24) is 0 Å². The van der Waals surface area contributed by atoms with Crippen molar-refractivity contribution in [3.8, 4) is 11.3 Å². The zero-order valence-corrected chi connectivity index (χ0v) is 19.0. The molecule has 1 aromatic carbocycles. The molecule has 3 heteroatoms. The fourth-order valence-corrected chi connectivity index (χ4v) is 5.86. The van der Waals surface area contributed by atoms with E-state index in [1.165, 1.54) is 16.8 Å². The van der Waals surface area contributed by atoms with Crippen molar-refractivity contribution in [1.29, 1.82) is 0 Å². The minimum atomic E-state index is -1.62. The summed E-state index contributed by atoms with van der Waals surface area (Å²) < 4.78 is 25.3. The highest BCUT2D eigenvalue weighted by atomic mass is 28.3. The first kappa shape index (κ1) is 18.9. The summed E-state index contributed by atoms with van der Waals surface area (Å²) in [6.07, 6.45) is 6.26. The molecule has 3 rings (SSSR count). The summed E-state index contributed by atoms with van der Waals surface area (Å²) in [5.41, 5.74) is 4.60. The van der Waals surface area contributed by atoms with Gasteiger partial charge in [-0.1, -0.05) is 33.5 Å². The van der Waals surface area contributed by atoms with Crippen LogP contribution in [0.1, 0.15) is 57.9 Å². The summed E-state index contributed by atoms with van der Waals surface area (Å²) in [6.45, 7) is 13.7. The summed E-state index contributed by atoms with van der Waals surface area (Å²) in [6, 6.07) is 7.26. The fourth-order valence-electron chi connectivity index (χ4n) is 4.22. The van der Waals surface area contributed by atoms with Crippen LogP contribution in [0.3, 0.4) is 0 Å². The second-order valence-corrected chi connectivity index (χ2v) is 15.1. The van der Waals surface area contributed by atoms with E-state index in [9.17, 15) is 5.76 Å². The number of halogens is 1. The van der Waals surface area contributed by atoms with Gasteiger partial charge < -0.3 is 0 Å². The molecule has 0 radical (unpaired) electrons. The van der Waals surface area contributed by atoms with Gasteiger partial charge in [-0.05, 0) is 73.2 Å². The number of aromatic nitrogens is 1. The molecule has 0 aliphatic heterocycles. The van der Waals surface area contributed by atoms with Crippen LogP contribution in [0.15, 0.2) is 30.5 Å². The third-order valence-corrected chi connectivity index (χ3v) is 8.15. The molecule has 2 aromatic rings. The molecule has 0 N–H and O–H groups in total. The van der Waals surface area contributed by atoms with Crippen LogP contribution in [-0.2, 0) is 7.05 Å². The molecule has 0 saturated heterocycles. The average Bonchev–Trinajstić information content (AvgIpc) is 2.57. The third-order valence-electron chi connectivity index (χ3n) is 6.13. The predicted octanol–water partition coefficient (Wildman–Crippen LogP) is 5.85. The minimum absolute atomic E-state index is 0.200. The van der Waals surface area contributed by atoms with Gasteiger partial charge in [0.2, 0.25) is 5.69 Å². The summed E-state index contributed by atoms with van der Waals surface area (Å²) in [5, 5.41) is 1.38. The SMILES string of the molecule is [2H]C1(c2cc(-c3ccc(F)cc3C)[n+](C)cc2[Si](C)(C)C)CCC(C)(C)CC1. The van der Waals surface area contributed by atoms with Crippen LogP contribution in [0, 0.1) is 18.2 Å². The summed E-state index contributed by atoms with van der Waals surface area (Å²) in [4.78, 5) is 0. The topological polar surface area (TPSA) is 3.88 Å². The molecule has 1 fully saturated rings. The van der Waals surface area contributed by atoms with Crippen molar-refractivity contribution in [2.75, 3.05) is 0 Å². The molecule has 1 aliphatic rings. The number of pyridine rings is 1. The molecular weight excluding hydrogens is 349 g/mol. The van der Waals surface area contributed by atoms with Crippen molar-refractivity contribution < 1.29 is 10.3 Å². The zero-order chi connectivity index (χ0) is 20.9. The molecule has 0 atom stereocenters. The number of aryl methyl sites for hydroxylation is 2. The van der Waals surface area contributed by atoms with Crippen molar-refractivity contribution >= 4 is 13.3 Å². The lowest BCUT2D eigenvalue weighted by Gasteiger charge is -2.36. The number of hydrogen-bond donors (Lipinski definition) is 0. The lowest BCUT2D eigenvalue weighted by atomic mass is 9.71. The Morgan fingerprint density at radius 2 is 1.78 bits per heavy atom. The lowest BCUT2D eigenvalue weighted by Crippen LogP contribution is -2.48. The summed E-state index contributed by atoms with van der Waals surface area (Å²) in [7, 11) is 0.452. The lowest BCUT2D eigenvalue weighted by molar-refractivity contribution is -0.659. The van der Waals surface area contributed by atoms with Gasteiger partial charge in [0, 0.05) is 18.2 Å². The molecule has 0 amide bonds.